The highest BCUT2D eigenvalue weighted by atomic mass is 16.3. The quantitative estimate of drug-likeness (QED) is 0.765. The van der Waals surface area contributed by atoms with E-state index in [0.29, 0.717) is 12.5 Å². The average Bonchev–Trinajstić information content (AvgIpc) is 2.63. The first-order chi connectivity index (χ1) is 13.8. The van der Waals surface area contributed by atoms with Crippen molar-refractivity contribution in [2.75, 3.05) is 19.7 Å². The monoisotopic (exact) mass is 397 g/mol. The molecule has 6 heteroatoms. The molecule has 0 spiro atoms. The Kier molecular flexibility index (Phi) is 6.49. The molecule has 0 saturated carbocycles. The highest BCUT2D eigenvalue weighted by Gasteiger charge is 2.54. The number of fused-ring (bicyclic) bond motifs is 1. The highest BCUT2D eigenvalue weighted by molar-refractivity contribution is 5.87. The van der Waals surface area contributed by atoms with Crippen LogP contribution in [-0.2, 0) is 4.79 Å². The molecule has 0 aromatic heterocycles. The average molecular weight is 398 g/mol. The van der Waals surface area contributed by atoms with Crippen molar-refractivity contribution >= 4 is 11.9 Å². The first-order valence-electron chi connectivity index (χ1n) is 10.4. The van der Waals surface area contributed by atoms with Gasteiger partial charge in [-0.1, -0.05) is 37.8 Å². The number of carbonyl (C=O) groups is 2. The summed E-state index contributed by atoms with van der Waals surface area (Å²) in [5.41, 5.74) is 2.03. The summed E-state index contributed by atoms with van der Waals surface area (Å²) in [5, 5.41) is 12.7. The normalized spacial score (nSPS) is 23.4. The van der Waals surface area contributed by atoms with Gasteiger partial charge < -0.3 is 20.2 Å². The fraction of sp³-hybridized carbons (Fsp3) is 0.565. The number of nitrogens with zero attached hydrogens (tertiary/aromatic N) is 2. The molecule has 2 aliphatic rings. The van der Waals surface area contributed by atoms with E-state index in [-0.39, 0.29) is 49.1 Å². The van der Waals surface area contributed by atoms with E-state index < -0.39 is 0 Å². The molecule has 156 valence electrons. The Labute approximate surface area is 173 Å². The van der Waals surface area contributed by atoms with Crippen LogP contribution in [0, 0.1) is 17.8 Å². The van der Waals surface area contributed by atoms with Crippen molar-refractivity contribution in [3.63, 3.8) is 0 Å². The van der Waals surface area contributed by atoms with Crippen LogP contribution >= 0.6 is 0 Å². The second kappa shape index (κ2) is 8.87. The van der Waals surface area contributed by atoms with E-state index in [2.05, 4.69) is 31.0 Å². The number of rotatable bonds is 4. The van der Waals surface area contributed by atoms with E-state index in [9.17, 15) is 14.7 Å². The van der Waals surface area contributed by atoms with Crippen LogP contribution in [0.25, 0.3) is 0 Å². The Morgan fingerprint density at radius 1 is 1.24 bits per heavy atom. The minimum absolute atomic E-state index is 0.0104. The van der Waals surface area contributed by atoms with Crippen molar-refractivity contribution in [1.29, 1.82) is 0 Å². The summed E-state index contributed by atoms with van der Waals surface area (Å²) in [5.74, 6) is 6.82. The standard InChI is InChI=1S/C23H31N3O3/c1-15(2)6-5-7-17-8-10-18(11-9-17)22-19-12-25(23(29)24-16(3)4)13-21(28)26(19)20(22)14-27/h8-11,15-16,19-20,22,27H,6,12-14H2,1-4H3,(H,24,29)/t19-,20+,22-/m1/s1. The zero-order valence-electron chi connectivity index (χ0n) is 17.7. The number of hydrogen-bond donors (Lipinski definition) is 2. The van der Waals surface area contributed by atoms with Crippen LogP contribution in [0.5, 0.6) is 0 Å². The largest absolute Gasteiger partial charge is 0.394 e. The third kappa shape index (κ3) is 4.56. The molecule has 2 fully saturated rings. The van der Waals surface area contributed by atoms with E-state index in [1.807, 2.05) is 38.1 Å². The van der Waals surface area contributed by atoms with Crippen LogP contribution in [0.3, 0.4) is 0 Å². The van der Waals surface area contributed by atoms with Crippen LogP contribution < -0.4 is 5.32 Å². The van der Waals surface area contributed by atoms with E-state index in [0.717, 1.165) is 17.5 Å². The molecular formula is C23H31N3O3. The summed E-state index contributed by atoms with van der Waals surface area (Å²) < 4.78 is 0. The Morgan fingerprint density at radius 3 is 2.52 bits per heavy atom. The maximum atomic E-state index is 12.6. The van der Waals surface area contributed by atoms with Crippen molar-refractivity contribution < 1.29 is 14.7 Å². The molecule has 3 amide bonds. The number of aliphatic hydroxyl groups is 1. The zero-order chi connectivity index (χ0) is 21.1. The Balaban J connectivity index is 1.75. The molecule has 29 heavy (non-hydrogen) atoms. The number of carbonyl (C=O) groups excluding carboxylic acids is 2. The van der Waals surface area contributed by atoms with E-state index in [4.69, 9.17) is 0 Å². The van der Waals surface area contributed by atoms with Crippen LogP contribution in [0.1, 0.15) is 51.2 Å². The third-order valence-corrected chi connectivity index (χ3v) is 5.49. The summed E-state index contributed by atoms with van der Waals surface area (Å²) in [6.07, 6.45) is 0.865. The minimum atomic E-state index is -0.235. The number of benzene rings is 1. The molecule has 1 aromatic rings. The maximum absolute atomic E-state index is 12.6. The smallest absolute Gasteiger partial charge is 0.318 e. The van der Waals surface area contributed by atoms with Crippen molar-refractivity contribution in [2.24, 2.45) is 5.92 Å². The number of amides is 3. The summed E-state index contributed by atoms with van der Waals surface area (Å²) in [7, 11) is 0. The van der Waals surface area contributed by atoms with Gasteiger partial charge in [-0.2, -0.15) is 0 Å². The topological polar surface area (TPSA) is 72.9 Å². The van der Waals surface area contributed by atoms with Gasteiger partial charge >= 0.3 is 6.03 Å². The van der Waals surface area contributed by atoms with Crippen molar-refractivity contribution in [1.82, 2.24) is 15.1 Å². The Hall–Kier alpha value is -2.52. The Morgan fingerprint density at radius 2 is 1.93 bits per heavy atom. The van der Waals surface area contributed by atoms with Gasteiger partial charge in [0.15, 0.2) is 0 Å². The van der Waals surface area contributed by atoms with Gasteiger partial charge in [-0.3, -0.25) is 4.79 Å². The minimum Gasteiger partial charge on any atom is -0.394 e. The van der Waals surface area contributed by atoms with Gasteiger partial charge in [-0.15, -0.1) is 0 Å². The second-order valence-electron chi connectivity index (χ2n) is 8.65. The summed E-state index contributed by atoms with van der Waals surface area (Å²) in [6, 6.07) is 7.51. The molecule has 2 N–H and O–H groups in total. The lowest BCUT2D eigenvalue weighted by Gasteiger charge is -2.58. The van der Waals surface area contributed by atoms with E-state index in [1.165, 1.54) is 0 Å². The molecule has 2 aliphatic heterocycles. The van der Waals surface area contributed by atoms with Crippen molar-refractivity contribution in [2.45, 2.75) is 58.2 Å². The van der Waals surface area contributed by atoms with E-state index >= 15 is 0 Å². The first-order valence-corrected chi connectivity index (χ1v) is 10.4. The van der Waals surface area contributed by atoms with Gasteiger partial charge in [-0.25, -0.2) is 4.79 Å². The van der Waals surface area contributed by atoms with E-state index in [1.54, 1.807) is 9.80 Å². The molecule has 0 bridgehead atoms. The van der Waals surface area contributed by atoms with Crippen LogP contribution in [-0.4, -0.2) is 64.7 Å². The number of urea groups is 1. The molecule has 3 atom stereocenters. The predicted molar refractivity (Wildman–Crippen MR) is 112 cm³/mol. The molecule has 1 aromatic carbocycles. The van der Waals surface area contributed by atoms with Crippen LogP contribution in [0.15, 0.2) is 24.3 Å². The van der Waals surface area contributed by atoms with Gasteiger partial charge in [0.05, 0.1) is 18.7 Å². The number of nitrogens with one attached hydrogen (secondary N) is 1. The number of piperazine rings is 1. The molecule has 0 unspecified atom stereocenters. The molecule has 0 radical (unpaired) electrons. The third-order valence-electron chi connectivity index (χ3n) is 5.49. The predicted octanol–water partition coefficient (Wildman–Crippen LogP) is 2.17. The summed E-state index contributed by atoms with van der Waals surface area (Å²) >= 11 is 0. The number of aliphatic hydroxyl groups excluding tert-OH is 1. The lowest BCUT2D eigenvalue weighted by atomic mass is 9.73. The van der Waals surface area contributed by atoms with Crippen LogP contribution in [0.2, 0.25) is 0 Å². The second-order valence-corrected chi connectivity index (χ2v) is 8.65. The Bertz CT molecular complexity index is 807. The molecule has 0 aliphatic carbocycles. The molecular weight excluding hydrogens is 366 g/mol. The van der Waals surface area contributed by atoms with Gasteiger partial charge in [0.25, 0.3) is 0 Å². The van der Waals surface area contributed by atoms with Gasteiger partial charge in [0.2, 0.25) is 5.91 Å². The lowest BCUT2D eigenvalue weighted by molar-refractivity contribution is -0.159. The van der Waals surface area contributed by atoms with Gasteiger partial charge in [-0.05, 0) is 37.5 Å². The lowest BCUT2D eigenvalue weighted by Crippen LogP contribution is -2.74. The summed E-state index contributed by atoms with van der Waals surface area (Å²) in [4.78, 5) is 28.3. The SMILES string of the molecule is CC(C)CC#Cc1ccc([C@@H]2[C@H]3CN(C(=O)NC(C)C)CC(=O)N3[C@H]2CO)cc1. The van der Waals surface area contributed by atoms with Gasteiger partial charge in [0, 0.05) is 30.5 Å². The fourth-order valence-electron chi connectivity index (χ4n) is 4.14. The first kappa shape index (κ1) is 21.2. The zero-order valence-corrected chi connectivity index (χ0v) is 17.7. The van der Waals surface area contributed by atoms with Crippen LogP contribution in [0.4, 0.5) is 4.79 Å². The van der Waals surface area contributed by atoms with Crippen molar-refractivity contribution in [3.8, 4) is 11.8 Å². The van der Waals surface area contributed by atoms with Crippen molar-refractivity contribution in [3.05, 3.63) is 35.4 Å². The summed E-state index contributed by atoms with van der Waals surface area (Å²) in [6.45, 7) is 8.53. The molecule has 3 rings (SSSR count). The highest BCUT2D eigenvalue weighted by Crippen LogP contribution is 2.42. The number of hydrogen-bond acceptors (Lipinski definition) is 3. The molecule has 6 nitrogen and oxygen atoms in total. The van der Waals surface area contributed by atoms with Gasteiger partial charge in [0.1, 0.15) is 6.54 Å². The fourth-order valence-corrected chi connectivity index (χ4v) is 4.14. The maximum Gasteiger partial charge on any atom is 0.318 e. The molecule has 2 saturated heterocycles. The molecule has 2 heterocycles.